The average Bonchev–Trinajstić information content (AvgIpc) is 3.51. The number of rotatable bonds is 5. The number of benzene rings is 1. The monoisotopic (exact) mass is 481 g/mol. The molecule has 0 atom stereocenters. The van der Waals surface area contributed by atoms with Gasteiger partial charge in [-0.3, -0.25) is 4.79 Å². The summed E-state index contributed by atoms with van der Waals surface area (Å²) in [6.07, 6.45) is 6.58. The summed E-state index contributed by atoms with van der Waals surface area (Å²) in [5, 5.41) is 3.88. The van der Waals surface area contributed by atoms with Crippen molar-refractivity contribution in [1.82, 2.24) is 14.4 Å². The smallest absolute Gasteiger partial charge is 0.248 e. The second-order valence-electron chi connectivity index (χ2n) is 8.77. The number of nitrogens with zero attached hydrogens (tertiary/aromatic N) is 3. The zero-order valence-electron chi connectivity index (χ0n) is 19.0. The van der Waals surface area contributed by atoms with Gasteiger partial charge in [-0.05, 0) is 61.6 Å². The molecule has 1 fully saturated rings. The van der Waals surface area contributed by atoms with E-state index in [4.69, 9.17) is 8.94 Å². The maximum atomic E-state index is 13.4. The van der Waals surface area contributed by atoms with E-state index >= 15 is 0 Å². The predicted octanol–water partition coefficient (Wildman–Crippen LogP) is 3.73. The van der Waals surface area contributed by atoms with Gasteiger partial charge in [-0.1, -0.05) is 29.4 Å². The van der Waals surface area contributed by atoms with Gasteiger partial charge >= 0.3 is 0 Å². The molecule has 4 heterocycles. The maximum Gasteiger partial charge on any atom is 0.248 e. The van der Waals surface area contributed by atoms with E-state index in [0.29, 0.717) is 37.4 Å². The number of hydrogen-bond acceptors (Lipinski definition) is 6. The van der Waals surface area contributed by atoms with Crippen molar-refractivity contribution in [2.45, 2.75) is 37.6 Å². The molecular formula is C25H27N3O5S. The SMILES string of the molecule is Cc1noc(/C=C/c2ccco2)c1S(=O)(=O)N1CCC(C(=O)N2CCc3ccccc3C2)CC1. The van der Waals surface area contributed by atoms with Crippen LogP contribution in [0.5, 0.6) is 0 Å². The van der Waals surface area contributed by atoms with Gasteiger partial charge < -0.3 is 13.8 Å². The van der Waals surface area contributed by atoms with E-state index in [9.17, 15) is 13.2 Å². The van der Waals surface area contributed by atoms with Gasteiger partial charge in [0.1, 0.15) is 11.5 Å². The van der Waals surface area contributed by atoms with Gasteiger partial charge in [0, 0.05) is 32.1 Å². The van der Waals surface area contributed by atoms with Gasteiger partial charge in [-0.2, -0.15) is 4.31 Å². The van der Waals surface area contributed by atoms with Crippen molar-refractivity contribution >= 4 is 28.1 Å². The van der Waals surface area contributed by atoms with Crippen molar-refractivity contribution in [3.05, 3.63) is 71.0 Å². The van der Waals surface area contributed by atoms with E-state index in [1.54, 1.807) is 31.2 Å². The Morgan fingerprint density at radius 1 is 1.06 bits per heavy atom. The van der Waals surface area contributed by atoms with E-state index in [0.717, 1.165) is 6.42 Å². The molecule has 3 aromatic rings. The molecule has 34 heavy (non-hydrogen) atoms. The van der Waals surface area contributed by atoms with Crippen LogP contribution in [0, 0.1) is 12.8 Å². The average molecular weight is 482 g/mol. The van der Waals surface area contributed by atoms with E-state index in [1.165, 1.54) is 21.7 Å². The fourth-order valence-electron chi connectivity index (χ4n) is 4.76. The lowest BCUT2D eigenvalue weighted by molar-refractivity contribution is -0.137. The number of furan rings is 1. The Labute approximate surface area is 198 Å². The lowest BCUT2D eigenvalue weighted by Gasteiger charge is -2.35. The van der Waals surface area contributed by atoms with E-state index in [-0.39, 0.29) is 35.6 Å². The summed E-state index contributed by atoms with van der Waals surface area (Å²) in [6, 6.07) is 11.7. The minimum Gasteiger partial charge on any atom is -0.465 e. The number of amides is 1. The normalized spacial score (nSPS) is 17.9. The van der Waals surface area contributed by atoms with Crippen LogP contribution in [0.4, 0.5) is 0 Å². The molecule has 0 saturated carbocycles. The highest BCUT2D eigenvalue weighted by Crippen LogP contribution is 2.30. The van der Waals surface area contributed by atoms with E-state index < -0.39 is 10.0 Å². The Bertz CT molecular complexity index is 1300. The summed E-state index contributed by atoms with van der Waals surface area (Å²) in [6.45, 7) is 3.52. The molecule has 5 rings (SSSR count). The molecular weight excluding hydrogens is 454 g/mol. The van der Waals surface area contributed by atoms with E-state index in [2.05, 4.69) is 17.3 Å². The fraction of sp³-hybridized carbons (Fsp3) is 0.360. The van der Waals surface area contributed by atoms with Gasteiger partial charge in [0.25, 0.3) is 0 Å². The molecule has 0 radical (unpaired) electrons. The molecule has 1 saturated heterocycles. The number of piperidine rings is 1. The van der Waals surface area contributed by atoms with Crippen LogP contribution in [0.1, 0.15) is 41.2 Å². The van der Waals surface area contributed by atoms with Crippen LogP contribution in [0.3, 0.4) is 0 Å². The number of aryl methyl sites for hydroxylation is 1. The summed E-state index contributed by atoms with van der Waals surface area (Å²) in [4.78, 5) is 15.1. The van der Waals surface area contributed by atoms with Crippen LogP contribution in [-0.2, 0) is 27.8 Å². The first-order valence-electron chi connectivity index (χ1n) is 11.5. The predicted molar refractivity (Wildman–Crippen MR) is 126 cm³/mol. The van der Waals surface area contributed by atoms with Crippen LogP contribution in [0.25, 0.3) is 12.2 Å². The second-order valence-corrected chi connectivity index (χ2v) is 10.6. The summed E-state index contributed by atoms with van der Waals surface area (Å²) < 4.78 is 38.9. The molecule has 0 spiro atoms. The third kappa shape index (κ3) is 4.33. The molecule has 0 bridgehead atoms. The molecule has 8 nitrogen and oxygen atoms in total. The zero-order valence-corrected chi connectivity index (χ0v) is 19.8. The lowest BCUT2D eigenvalue weighted by atomic mass is 9.94. The quantitative estimate of drug-likeness (QED) is 0.551. The Morgan fingerprint density at radius 3 is 2.56 bits per heavy atom. The molecule has 0 aliphatic carbocycles. The number of aromatic nitrogens is 1. The number of hydrogen-bond donors (Lipinski definition) is 0. The van der Waals surface area contributed by atoms with Gasteiger partial charge in [0.15, 0.2) is 10.7 Å². The van der Waals surface area contributed by atoms with Gasteiger partial charge in [0.05, 0.1) is 6.26 Å². The van der Waals surface area contributed by atoms with E-state index in [1.807, 2.05) is 17.0 Å². The molecule has 2 aliphatic rings. The van der Waals surface area contributed by atoms with Crippen molar-refractivity contribution in [3.8, 4) is 0 Å². The molecule has 1 aromatic carbocycles. The number of carbonyl (C=O) groups is 1. The summed E-state index contributed by atoms with van der Waals surface area (Å²) >= 11 is 0. The Kier molecular flexibility index (Phi) is 6.14. The number of fused-ring (bicyclic) bond motifs is 1. The lowest BCUT2D eigenvalue weighted by Crippen LogP contribution is -2.45. The zero-order chi connectivity index (χ0) is 23.7. The Morgan fingerprint density at radius 2 is 1.82 bits per heavy atom. The van der Waals surface area contributed by atoms with Crippen LogP contribution >= 0.6 is 0 Å². The van der Waals surface area contributed by atoms with Gasteiger partial charge in [-0.15, -0.1) is 0 Å². The van der Waals surface area contributed by atoms with Crippen molar-refractivity contribution in [3.63, 3.8) is 0 Å². The van der Waals surface area contributed by atoms with Gasteiger partial charge in [-0.25, -0.2) is 8.42 Å². The molecule has 9 heteroatoms. The third-order valence-electron chi connectivity index (χ3n) is 6.62. The highest BCUT2D eigenvalue weighted by molar-refractivity contribution is 7.89. The third-order valence-corrected chi connectivity index (χ3v) is 8.68. The minimum absolute atomic E-state index is 0.0627. The summed E-state index contributed by atoms with van der Waals surface area (Å²) in [7, 11) is -3.81. The first kappa shape index (κ1) is 22.6. The van der Waals surface area contributed by atoms with Gasteiger partial charge in [0.2, 0.25) is 15.9 Å². The first-order valence-corrected chi connectivity index (χ1v) is 12.9. The van der Waals surface area contributed by atoms with Crippen LogP contribution in [-0.4, -0.2) is 48.3 Å². The largest absolute Gasteiger partial charge is 0.465 e. The highest BCUT2D eigenvalue weighted by atomic mass is 32.2. The standard InChI is InChI=1S/C25H27N3O5S/c1-18-24(23(33-26-18)9-8-22-7-4-16-32-22)34(30,31)28-14-11-20(12-15-28)25(29)27-13-10-19-5-2-3-6-21(19)17-27/h2-9,16,20H,10-15,17H2,1H3/b9-8+. The maximum absolute atomic E-state index is 13.4. The fourth-order valence-corrected chi connectivity index (χ4v) is 6.48. The Balaban J connectivity index is 1.26. The topological polar surface area (TPSA) is 96.9 Å². The van der Waals surface area contributed by atoms with Crippen molar-refractivity contribution in [2.24, 2.45) is 5.92 Å². The van der Waals surface area contributed by atoms with Crippen LogP contribution < -0.4 is 0 Å². The molecule has 0 N–H and O–H groups in total. The first-order chi connectivity index (χ1) is 16.4. The minimum atomic E-state index is -3.81. The molecule has 2 aliphatic heterocycles. The van der Waals surface area contributed by atoms with Crippen LogP contribution in [0.2, 0.25) is 0 Å². The number of carbonyl (C=O) groups excluding carboxylic acids is 1. The van der Waals surface area contributed by atoms with Crippen LogP contribution in [0.15, 0.2) is 56.5 Å². The van der Waals surface area contributed by atoms with Crippen molar-refractivity contribution < 1.29 is 22.2 Å². The summed E-state index contributed by atoms with van der Waals surface area (Å²) in [5.41, 5.74) is 2.80. The molecule has 178 valence electrons. The number of sulfonamides is 1. The van der Waals surface area contributed by atoms with Crippen molar-refractivity contribution in [1.29, 1.82) is 0 Å². The highest BCUT2D eigenvalue weighted by Gasteiger charge is 2.37. The molecule has 0 unspecified atom stereocenters. The Hall–Kier alpha value is -3.17. The van der Waals surface area contributed by atoms with Crippen molar-refractivity contribution in [2.75, 3.05) is 19.6 Å². The molecule has 2 aromatic heterocycles. The summed E-state index contributed by atoms with van der Waals surface area (Å²) in [5.74, 6) is 0.699. The second kappa shape index (κ2) is 9.23. The molecule has 1 amide bonds.